The Hall–Kier alpha value is -3.67. The van der Waals surface area contributed by atoms with E-state index >= 15 is 0 Å². The molecule has 2 aromatic carbocycles. The number of aryl methyl sites for hydroxylation is 1. The molecule has 1 aliphatic rings. The standard InChI is InChI=1S/C25H24F5N3O4/c1-14-4-5-17(10-18(14)25(28,29)30)37-23-19(26)8-16(9-20(23)27)13-36-21-11-22(32(3)24(34)31-21)33-6-7-35-12-15(33)2/h4-5,8-11,15H,6-7,12-13H2,1-3H3/t15-/m0/s1. The van der Waals surface area contributed by atoms with E-state index in [0.717, 1.165) is 18.2 Å². The van der Waals surface area contributed by atoms with Gasteiger partial charge >= 0.3 is 11.9 Å². The van der Waals surface area contributed by atoms with Gasteiger partial charge in [0.15, 0.2) is 17.4 Å². The summed E-state index contributed by atoms with van der Waals surface area (Å²) in [6.07, 6.45) is -4.64. The number of benzene rings is 2. The second kappa shape index (κ2) is 10.4. The third-order valence-electron chi connectivity index (χ3n) is 5.93. The van der Waals surface area contributed by atoms with Crippen LogP contribution in [-0.2, 0) is 24.6 Å². The van der Waals surface area contributed by atoms with Gasteiger partial charge in [0, 0.05) is 19.7 Å². The van der Waals surface area contributed by atoms with E-state index in [1.807, 2.05) is 11.8 Å². The van der Waals surface area contributed by atoms with Crippen LogP contribution in [0.1, 0.15) is 23.6 Å². The highest BCUT2D eigenvalue weighted by Gasteiger charge is 2.33. The lowest BCUT2D eigenvalue weighted by molar-refractivity contribution is -0.138. The van der Waals surface area contributed by atoms with Gasteiger partial charge in [0.2, 0.25) is 5.88 Å². The number of rotatable bonds is 6. The summed E-state index contributed by atoms with van der Waals surface area (Å²) in [7, 11) is 1.58. The van der Waals surface area contributed by atoms with Crippen molar-refractivity contribution < 1.29 is 36.2 Å². The molecule has 4 rings (SSSR count). The summed E-state index contributed by atoms with van der Waals surface area (Å²) in [5.74, 6) is -2.95. The van der Waals surface area contributed by atoms with Crippen molar-refractivity contribution in [3.05, 3.63) is 75.2 Å². The van der Waals surface area contributed by atoms with Gasteiger partial charge in [-0.3, -0.25) is 4.57 Å². The smallest absolute Gasteiger partial charge is 0.416 e. The highest BCUT2D eigenvalue weighted by atomic mass is 19.4. The number of morpholine rings is 1. The predicted octanol–water partition coefficient (Wildman–Crippen LogP) is 4.98. The van der Waals surface area contributed by atoms with Crippen LogP contribution in [0.2, 0.25) is 0 Å². The van der Waals surface area contributed by atoms with Crippen molar-refractivity contribution in [3.8, 4) is 17.4 Å². The lowest BCUT2D eigenvalue weighted by Gasteiger charge is -2.35. The number of hydrogen-bond acceptors (Lipinski definition) is 6. The average Bonchev–Trinajstić information content (AvgIpc) is 2.83. The molecule has 0 N–H and O–H groups in total. The molecule has 0 aliphatic carbocycles. The number of nitrogens with zero attached hydrogens (tertiary/aromatic N) is 3. The highest BCUT2D eigenvalue weighted by Crippen LogP contribution is 2.36. The Morgan fingerprint density at radius 3 is 2.49 bits per heavy atom. The van der Waals surface area contributed by atoms with Crippen LogP contribution in [0.3, 0.4) is 0 Å². The third-order valence-corrected chi connectivity index (χ3v) is 5.93. The van der Waals surface area contributed by atoms with Gasteiger partial charge in [0.1, 0.15) is 18.2 Å². The summed E-state index contributed by atoms with van der Waals surface area (Å²) in [5, 5.41) is 0. The first-order valence-corrected chi connectivity index (χ1v) is 11.3. The summed E-state index contributed by atoms with van der Waals surface area (Å²) in [6.45, 7) is 4.42. The third kappa shape index (κ3) is 5.85. The maximum atomic E-state index is 14.7. The van der Waals surface area contributed by atoms with Gasteiger partial charge in [0.25, 0.3) is 0 Å². The van der Waals surface area contributed by atoms with E-state index in [0.29, 0.717) is 31.6 Å². The van der Waals surface area contributed by atoms with Crippen LogP contribution in [0.4, 0.5) is 27.8 Å². The Morgan fingerprint density at radius 1 is 1.14 bits per heavy atom. The van der Waals surface area contributed by atoms with Crippen molar-refractivity contribution >= 4 is 5.82 Å². The van der Waals surface area contributed by atoms with E-state index in [-0.39, 0.29) is 35.4 Å². The fourth-order valence-electron chi connectivity index (χ4n) is 3.96. The van der Waals surface area contributed by atoms with Gasteiger partial charge in [-0.1, -0.05) is 6.07 Å². The first-order chi connectivity index (χ1) is 17.4. The van der Waals surface area contributed by atoms with E-state index in [9.17, 15) is 26.7 Å². The molecule has 0 amide bonds. The number of alkyl halides is 3. The second-order valence-corrected chi connectivity index (χ2v) is 8.67. The minimum absolute atomic E-state index is 0.00563. The number of anilines is 1. The van der Waals surface area contributed by atoms with Crippen LogP contribution in [0, 0.1) is 18.6 Å². The van der Waals surface area contributed by atoms with Crippen molar-refractivity contribution in [2.45, 2.75) is 32.7 Å². The first kappa shape index (κ1) is 26.4. The Labute approximate surface area is 209 Å². The summed E-state index contributed by atoms with van der Waals surface area (Å²) < 4.78 is 86.2. The zero-order chi connectivity index (χ0) is 26.9. The fraction of sp³-hybridized carbons (Fsp3) is 0.360. The minimum Gasteiger partial charge on any atom is -0.473 e. The van der Waals surface area contributed by atoms with E-state index in [1.165, 1.54) is 17.6 Å². The molecule has 1 fully saturated rings. The van der Waals surface area contributed by atoms with E-state index < -0.39 is 34.8 Å². The molecule has 0 bridgehead atoms. The van der Waals surface area contributed by atoms with E-state index in [1.54, 1.807) is 13.1 Å². The summed E-state index contributed by atoms with van der Waals surface area (Å²) in [4.78, 5) is 18.2. The summed E-state index contributed by atoms with van der Waals surface area (Å²) >= 11 is 0. The number of ether oxygens (including phenoxy) is 3. The van der Waals surface area contributed by atoms with Crippen molar-refractivity contribution in [3.63, 3.8) is 0 Å². The minimum atomic E-state index is -4.64. The molecule has 1 saturated heterocycles. The Morgan fingerprint density at radius 2 is 1.84 bits per heavy atom. The Kier molecular flexibility index (Phi) is 7.39. The van der Waals surface area contributed by atoms with Gasteiger partial charge < -0.3 is 19.1 Å². The molecule has 12 heteroatoms. The monoisotopic (exact) mass is 525 g/mol. The van der Waals surface area contributed by atoms with Gasteiger partial charge in [-0.05, 0) is 49.2 Å². The van der Waals surface area contributed by atoms with Crippen LogP contribution in [0.5, 0.6) is 17.4 Å². The van der Waals surface area contributed by atoms with Gasteiger partial charge in [0.05, 0.1) is 24.8 Å². The molecule has 0 saturated carbocycles. The molecule has 198 valence electrons. The zero-order valence-electron chi connectivity index (χ0n) is 20.2. The van der Waals surface area contributed by atoms with Crippen molar-refractivity contribution in [2.75, 3.05) is 24.7 Å². The van der Waals surface area contributed by atoms with Crippen molar-refractivity contribution in [2.24, 2.45) is 7.05 Å². The van der Waals surface area contributed by atoms with Crippen LogP contribution < -0.4 is 20.1 Å². The summed E-state index contributed by atoms with van der Waals surface area (Å²) in [5.41, 5.74) is -1.53. The summed E-state index contributed by atoms with van der Waals surface area (Å²) in [6, 6.07) is 6.45. The molecule has 0 unspecified atom stereocenters. The molecule has 7 nitrogen and oxygen atoms in total. The first-order valence-electron chi connectivity index (χ1n) is 11.3. The van der Waals surface area contributed by atoms with Crippen LogP contribution >= 0.6 is 0 Å². The van der Waals surface area contributed by atoms with E-state index in [2.05, 4.69) is 4.98 Å². The molecular weight excluding hydrogens is 501 g/mol. The molecule has 0 radical (unpaired) electrons. The van der Waals surface area contributed by atoms with Crippen LogP contribution in [-0.4, -0.2) is 35.4 Å². The zero-order valence-corrected chi connectivity index (χ0v) is 20.2. The van der Waals surface area contributed by atoms with Crippen molar-refractivity contribution in [1.82, 2.24) is 9.55 Å². The highest BCUT2D eigenvalue weighted by molar-refractivity contribution is 5.44. The van der Waals surface area contributed by atoms with Gasteiger partial charge in [-0.15, -0.1) is 0 Å². The quantitative estimate of drug-likeness (QED) is 0.423. The van der Waals surface area contributed by atoms with Gasteiger partial charge in [-0.25, -0.2) is 13.6 Å². The number of halogens is 5. The SMILES string of the molecule is Cc1ccc(Oc2c(F)cc(COc3cc(N4CCOC[C@@H]4C)n(C)c(=O)n3)cc2F)cc1C(F)(F)F. The maximum Gasteiger partial charge on any atom is 0.416 e. The molecule has 1 aliphatic heterocycles. The van der Waals surface area contributed by atoms with Crippen molar-refractivity contribution in [1.29, 1.82) is 0 Å². The molecular formula is C25H24F5N3O4. The largest absolute Gasteiger partial charge is 0.473 e. The van der Waals surface area contributed by atoms with Crippen LogP contribution in [0.25, 0.3) is 0 Å². The van der Waals surface area contributed by atoms with Crippen LogP contribution in [0.15, 0.2) is 41.2 Å². The molecule has 0 spiro atoms. The molecule has 1 atom stereocenters. The Bertz CT molecular complexity index is 1340. The lowest BCUT2D eigenvalue weighted by Crippen LogP contribution is -2.46. The molecule has 2 heterocycles. The molecule has 1 aromatic heterocycles. The average molecular weight is 525 g/mol. The van der Waals surface area contributed by atoms with Gasteiger partial charge in [-0.2, -0.15) is 18.2 Å². The molecule has 3 aromatic rings. The topological polar surface area (TPSA) is 65.8 Å². The van der Waals surface area contributed by atoms with E-state index in [4.69, 9.17) is 14.2 Å². The normalized spacial score (nSPS) is 16.1. The second-order valence-electron chi connectivity index (χ2n) is 8.67. The fourth-order valence-corrected chi connectivity index (χ4v) is 3.96. The number of aromatic nitrogens is 2. The predicted molar refractivity (Wildman–Crippen MR) is 124 cm³/mol. The Balaban J connectivity index is 1.52. The lowest BCUT2D eigenvalue weighted by atomic mass is 10.1. The number of hydrogen-bond donors (Lipinski definition) is 0. The molecule has 37 heavy (non-hydrogen) atoms. The maximum absolute atomic E-state index is 14.7.